The summed E-state index contributed by atoms with van der Waals surface area (Å²) in [5.74, 6) is -29.7. The number of ether oxygens (including phenoxy) is 15. The van der Waals surface area contributed by atoms with E-state index in [4.69, 9.17) is 71.1 Å². The number of carboxylic acid groups (broad SMARTS) is 4. The molecule has 35 N–H and O–H groups in total. The number of carbonyl (C=O) groups is 9. The third-order valence-electron chi connectivity index (χ3n) is 22.7. The zero-order valence-corrected chi connectivity index (χ0v) is 68.5. The van der Waals surface area contributed by atoms with Crippen LogP contribution in [-0.2, 0) is 114 Å². The van der Waals surface area contributed by atoms with Crippen molar-refractivity contribution in [1.29, 1.82) is 0 Å². The molecule has 8 saturated heterocycles. The molecular weight excluding hydrogens is 1770 g/mol. The fourth-order valence-electron chi connectivity index (χ4n) is 16.3. The van der Waals surface area contributed by atoms with Crippen molar-refractivity contribution in [1.82, 2.24) is 26.6 Å². The van der Waals surface area contributed by atoms with E-state index in [-0.39, 0.29) is 0 Å². The monoisotopic (exact) mass is 1890 g/mol. The topological polar surface area (TPSA) is 959 Å². The number of rotatable bonds is 40. The van der Waals surface area contributed by atoms with E-state index in [1.807, 2.05) is 5.32 Å². The lowest BCUT2D eigenvalue weighted by atomic mass is 9.87. The molecule has 8 aliphatic heterocycles. The summed E-state index contributed by atoms with van der Waals surface area (Å²) in [6.07, 6.45) is -93.1. The number of aliphatic carboxylic acids is 4. The molecule has 59 heteroatoms. The number of aliphatic hydroxyl groups is 26. The summed E-state index contributed by atoms with van der Waals surface area (Å²) in [4.78, 5) is 119. The first-order valence-corrected chi connectivity index (χ1v) is 39.8. The molecule has 0 aromatic carbocycles. The number of aliphatic hydroxyl groups excluding tert-OH is 26. The van der Waals surface area contributed by atoms with Crippen molar-refractivity contribution in [3.05, 3.63) is 0 Å². The Labute approximate surface area is 726 Å². The maximum Gasteiger partial charge on any atom is 0.364 e. The van der Waals surface area contributed by atoms with Crippen LogP contribution in [0.3, 0.4) is 0 Å². The van der Waals surface area contributed by atoms with Crippen LogP contribution in [0.5, 0.6) is 0 Å². The quantitative estimate of drug-likeness (QED) is 0.0271. The second-order valence-electron chi connectivity index (χ2n) is 31.8. The van der Waals surface area contributed by atoms with Gasteiger partial charge in [0.15, 0.2) is 25.2 Å². The van der Waals surface area contributed by atoms with Crippen molar-refractivity contribution in [3.63, 3.8) is 0 Å². The lowest BCUT2D eigenvalue weighted by Gasteiger charge is -2.53. The Morgan fingerprint density at radius 2 is 0.643 bits per heavy atom. The molecule has 742 valence electrons. The van der Waals surface area contributed by atoms with E-state index in [0.717, 1.165) is 27.7 Å². The first kappa shape index (κ1) is 108. The molecule has 0 spiro atoms. The summed E-state index contributed by atoms with van der Waals surface area (Å²) in [5, 5.41) is 345. The lowest BCUT2D eigenvalue weighted by molar-refractivity contribution is -0.405. The van der Waals surface area contributed by atoms with E-state index in [1.165, 1.54) is 0 Å². The summed E-state index contributed by atoms with van der Waals surface area (Å²) < 4.78 is 87.4. The van der Waals surface area contributed by atoms with Crippen LogP contribution in [0.15, 0.2) is 0 Å². The normalized spacial score (nSPS) is 42.3. The highest BCUT2D eigenvalue weighted by atomic mass is 16.8. The molecule has 44 atom stereocenters. The van der Waals surface area contributed by atoms with Gasteiger partial charge in [-0.3, -0.25) is 24.0 Å². The van der Waals surface area contributed by atoms with Gasteiger partial charge in [0, 0.05) is 53.4 Å². The highest BCUT2D eigenvalue weighted by molar-refractivity contribution is 5.80. The fourth-order valence-corrected chi connectivity index (χ4v) is 16.3. The minimum Gasteiger partial charge on any atom is -0.477 e. The van der Waals surface area contributed by atoms with Gasteiger partial charge in [-0.15, -0.1) is 0 Å². The van der Waals surface area contributed by atoms with Crippen molar-refractivity contribution in [2.75, 3.05) is 59.5 Å². The van der Waals surface area contributed by atoms with Crippen molar-refractivity contribution < 1.29 is 267 Å². The SMILES string of the molecule is CC(=O)N[C@H]1[C@H](O[C@@H]2[C@H](O[C@]3(C(=O)O)C[C@H](O)[C@@H](NC(C)=O)[C@H]([C@H](O)[C@@H](CO)O[C@]4(C(=O)O)C[C@H](O)[C@@H](NC(C)=O)[C@H]([C@H](O)[C@H](O)CO)O4)O3)[C@@H](O)[C@H](O[C@H]3[C@H](O)[C@@H](O)[C@H](O)O[C@@H]3CO)O[C@@H]2CO)O[C@H](CO)[C@H](O)[C@@H]1O[C@@H]1O[C@H](CO)[C@H](O)[C@H](O[C@]2(C(=O)O)C[C@H](O)[C@@H](NC(C)=O)[C@H]([C@H](O)[C@@H](CO)O[C@]3(C(=O)O)C[C@H](O)[C@@H](NC(=O)CO)[C@H]([C@H](O)[C@H](O)CO)O3)O2)[C@H]1O. The lowest BCUT2D eigenvalue weighted by Crippen LogP contribution is -2.73. The van der Waals surface area contributed by atoms with Gasteiger partial charge in [-0.05, 0) is 0 Å². The van der Waals surface area contributed by atoms with Crippen LogP contribution < -0.4 is 26.6 Å². The highest BCUT2D eigenvalue weighted by Gasteiger charge is 2.67. The van der Waals surface area contributed by atoms with Crippen LogP contribution in [0.2, 0.25) is 0 Å². The molecule has 0 aromatic heterocycles. The summed E-state index contributed by atoms with van der Waals surface area (Å²) in [7, 11) is 0. The number of carboxylic acids is 4. The second kappa shape index (κ2) is 45.3. The summed E-state index contributed by atoms with van der Waals surface area (Å²) in [6.45, 7) is -9.57. The van der Waals surface area contributed by atoms with Crippen LogP contribution in [0.4, 0.5) is 0 Å². The van der Waals surface area contributed by atoms with Crippen LogP contribution in [-0.4, -0.2) is 534 Å². The largest absolute Gasteiger partial charge is 0.477 e. The van der Waals surface area contributed by atoms with Gasteiger partial charge >= 0.3 is 23.9 Å². The third kappa shape index (κ3) is 23.6. The zero-order chi connectivity index (χ0) is 96.6. The van der Waals surface area contributed by atoms with Crippen LogP contribution >= 0.6 is 0 Å². The van der Waals surface area contributed by atoms with Gasteiger partial charge in [-0.2, -0.15) is 0 Å². The van der Waals surface area contributed by atoms with E-state index in [1.54, 1.807) is 0 Å². The average Bonchev–Trinajstić information content (AvgIpc) is 0.749. The maximum absolute atomic E-state index is 14.3. The van der Waals surface area contributed by atoms with E-state index >= 15 is 0 Å². The summed E-state index contributed by atoms with van der Waals surface area (Å²) in [5.41, 5.74) is 0. The van der Waals surface area contributed by atoms with Crippen molar-refractivity contribution >= 4 is 53.4 Å². The molecule has 59 nitrogen and oxygen atoms in total. The molecule has 5 amide bonds. The summed E-state index contributed by atoms with van der Waals surface area (Å²) in [6, 6.07) is -10.6. The third-order valence-corrected chi connectivity index (χ3v) is 22.7. The fraction of sp³-hybridized carbons (Fsp3) is 0.871. The molecule has 0 bridgehead atoms. The van der Waals surface area contributed by atoms with Gasteiger partial charge in [-0.25, -0.2) is 19.2 Å². The standard InChI is InChI=1S/C70H113N5O54/c1-18(85)71-35-22(89)5-67(63(107)108,124-53(35)40(96)26(93)9-76)122-31(14-81)45(101)56-37(73-20(3)87)24(91)8-70(127-56,66(113)114)129-58-49(105)62(119-50-32(15-82)115-59(106)47(103)46(50)102)118-33(16-83)51(58)120-60-39(74-21(4)88)52(42(98)28(11-78)116-60)121-61-48(104)57(43(99)29(12-79)117-61)128-69(65(111)112)7-23(90)36(72-19(2)86)55(126-69)44(100)30(13-80)123-68(64(109)110)6-25(92)38(75-34(95)17-84)54(125-68)41(97)27(94)10-77/h22-33,35-62,76-84,89-94,96-106H,5-17H2,1-4H3,(H,71,85)(H,72,86)(H,73,87)(H,74,88)(H,75,95)(H,107,108)(H,109,110)(H,111,112)(H,113,114)/t22-,23-,24-,25-,26+,27+,28+,29+,30+,31+,32+,33+,35+,36+,37+,38+,39+,40+,41+,42-,43-,44+,45+,46+,47+,48+,49+,50+,51-,52+,53+,54+,55+,56+,57-,58+,59+,60-,61-,62-,67+,68+,69-,70-/m0/s1. The first-order chi connectivity index (χ1) is 60.4. The molecule has 8 heterocycles. The van der Waals surface area contributed by atoms with E-state index < -0.39 is 406 Å². The molecule has 129 heavy (non-hydrogen) atoms. The Kier molecular flexibility index (Phi) is 37.9. The van der Waals surface area contributed by atoms with Gasteiger partial charge in [-0.1, -0.05) is 0 Å². The molecule has 0 saturated carbocycles. The highest BCUT2D eigenvalue weighted by Crippen LogP contribution is 2.46. The predicted octanol–water partition coefficient (Wildman–Crippen LogP) is -21.9. The Morgan fingerprint density at radius 3 is 1.01 bits per heavy atom. The number of nitrogens with one attached hydrogen (secondary N) is 5. The Bertz CT molecular complexity index is 3740. The Morgan fingerprint density at radius 1 is 0.333 bits per heavy atom. The molecule has 0 aliphatic carbocycles. The smallest absolute Gasteiger partial charge is 0.364 e. The van der Waals surface area contributed by atoms with Crippen molar-refractivity contribution in [2.24, 2.45) is 0 Å². The number of amides is 5. The molecule has 0 aromatic rings. The Hall–Kier alpha value is -6.41. The van der Waals surface area contributed by atoms with Gasteiger partial charge in [0.25, 0.3) is 23.1 Å². The van der Waals surface area contributed by atoms with Crippen LogP contribution in [0.1, 0.15) is 53.4 Å². The van der Waals surface area contributed by atoms with Crippen molar-refractivity contribution in [2.45, 2.75) is 321 Å². The molecule has 8 rings (SSSR count). The number of carbonyl (C=O) groups excluding carboxylic acids is 5. The Balaban J connectivity index is 1.18. The second-order valence-corrected chi connectivity index (χ2v) is 31.8. The molecule has 8 aliphatic rings. The van der Waals surface area contributed by atoms with E-state index in [9.17, 15) is 196 Å². The number of hydrogen-bond donors (Lipinski definition) is 35. The zero-order valence-electron chi connectivity index (χ0n) is 68.5. The molecule has 0 unspecified atom stereocenters. The van der Waals surface area contributed by atoms with Gasteiger partial charge in [0.1, 0.15) is 177 Å². The van der Waals surface area contributed by atoms with Crippen molar-refractivity contribution in [3.8, 4) is 0 Å². The molecule has 0 radical (unpaired) electrons. The van der Waals surface area contributed by atoms with E-state index in [2.05, 4.69) is 21.3 Å². The predicted molar refractivity (Wildman–Crippen MR) is 393 cm³/mol. The van der Waals surface area contributed by atoms with Crippen LogP contribution in [0.25, 0.3) is 0 Å². The summed E-state index contributed by atoms with van der Waals surface area (Å²) >= 11 is 0. The van der Waals surface area contributed by atoms with Gasteiger partial charge in [0.2, 0.25) is 29.5 Å². The molecular formula is C70H113N5O54. The van der Waals surface area contributed by atoms with Crippen LogP contribution in [0, 0.1) is 0 Å². The number of hydrogen-bond acceptors (Lipinski definition) is 50. The minimum atomic E-state index is -3.83. The van der Waals surface area contributed by atoms with Gasteiger partial charge < -0.3 is 251 Å². The average molecular weight is 1890 g/mol. The van der Waals surface area contributed by atoms with Gasteiger partial charge in [0.05, 0.1) is 101 Å². The van der Waals surface area contributed by atoms with E-state index in [0.29, 0.717) is 0 Å². The maximum atomic E-state index is 14.3. The molecule has 8 fully saturated rings. The minimum absolute atomic E-state index is 0.753. The first-order valence-electron chi connectivity index (χ1n) is 39.8.